The summed E-state index contributed by atoms with van der Waals surface area (Å²) in [7, 11) is 0. The summed E-state index contributed by atoms with van der Waals surface area (Å²) < 4.78 is 0. The van der Waals surface area contributed by atoms with Gasteiger partial charge in [-0.25, -0.2) is 0 Å². The second-order valence-electron chi connectivity index (χ2n) is 2.54. The zero-order chi connectivity index (χ0) is 7.40. The van der Waals surface area contributed by atoms with E-state index in [-0.39, 0.29) is 11.8 Å². The topological polar surface area (TPSA) is 34.1 Å². The van der Waals surface area contributed by atoms with Gasteiger partial charge in [-0.15, -0.1) is 0 Å². The smallest absolute Gasteiger partial charge is 0.124 e. The molecule has 0 saturated carbocycles. The minimum absolute atomic E-state index is 0.0671. The van der Waals surface area contributed by atoms with Crippen molar-refractivity contribution in [3.8, 4) is 0 Å². The molecule has 0 aliphatic heterocycles. The largest absolute Gasteiger partial charge is 0.303 e. The van der Waals surface area contributed by atoms with E-state index in [0.717, 1.165) is 25.4 Å². The third kappa shape index (κ3) is 1.32. The highest BCUT2D eigenvalue weighted by molar-refractivity contribution is 5.65. The Kier molecular flexibility index (Phi) is 2.37. The predicted octanol–water partition coefficient (Wildman–Crippen LogP) is 0.967. The molecule has 0 spiro atoms. The first-order valence-corrected chi connectivity index (χ1v) is 3.44. The highest BCUT2D eigenvalue weighted by Gasteiger charge is 2.20. The molecule has 2 heteroatoms. The molecule has 2 atom stereocenters. The molecule has 1 unspecified atom stereocenters. The summed E-state index contributed by atoms with van der Waals surface area (Å²) in [5.74, 6) is -0.134. The van der Waals surface area contributed by atoms with Crippen molar-refractivity contribution in [2.45, 2.75) is 12.8 Å². The van der Waals surface area contributed by atoms with Crippen LogP contribution in [0.5, 0.6) is 0 Å². The van der Waals surface area contributed by atoms with Crippen LogP contribution >= 0.6 is 0 Å². The Morgan fingerprint density at radius 2 is 1.40 bits per heavy atom. The van der Waals surface area contributed by atoms with Gasteiger partial charge in [-0.05, 0) is 12.8 Å². The van der Waals surface area contributed by atoms with Crippen LogP contribution in [0, 0.1) is 11.8 Å². The molecule has 0 N–H and O–H groups in total. The van der Waals surface area contributed by atoms with Crippen molar-refractivity contribution >= 4 is 12.6 Å². The number of rotatable bonds is 2. The summed E-state index contributed by atoms with van der Waals surface area (Å²) in [6, 6.07) is 0. The fourth-order valence-corrected chi connectivity index (χ4v) is 1.17. The molecule has 2 nitrogen and oxygen atoms in total. The van der Waals surface area contributed by atoms with Crippen LogP contribution in [-0.2, 0) is 9.59 Å². The molecule has 0 aromatic heterocycles. The van der Waals surface area contributed by atoms with Gasteiger partial charge in [0.05, 0.1) is 0 Å². The molecular weight excluding hydrogens is 128 g/mol. The van der Waals surface area contributed by atoms with Crippen LogP contribution in [-0.4, -0.2) is 12.6 Å². The van der Waals surface area contributed by atoms with E-state index in [0.29, 0.717) is 0 Å². The van der Waals surface area contributed by atoms with Gasteiger partial charge in [-0.3, -0.25) is 0 Å². The molecule has 0 aromatic carbocycles. The monoisotopic (exact) mass is 138 g/mol. The summed E-state index contributed by atoms with van der Waals surface area (Å²) in [4.78, 5) is 20.7. The van der Waals surface area contributed by atoms with E-state index < -0.39 is 0 Å². The molecule has 0 aromatic rings. The Labute approximate surface area is 59.9 Å². The van der Waals surface area contributed by atoms with Crippen LogP contribution < -0.4 is 0 Å². The van der Waals surface area contributed by atoms with E-state index in [1.165, 1.54) is 0 Å². The summed E-state index contributed by atoms with van der Waals surface area (Å²) in [5.41, 5.74) is 0. The molecule has 0 bridgehead atoms. The summed E-state index contributed by atoms with van der Waals surface area (Å²) in [5, 5.41) is 0. The number of hydrogen-bond acceptors (Lipinski definition) is 2. The van der Waals surface area contributed by atoms with E-state index in [4.69, 9.17) is 0 Å². The average Bonchev–Trinajstić information content (AvgIpc) is 2.04. The third-order valence-electron chi connectivity index (χ3n) is 1.88. The number of carbonyl (C=O) groups is 2. The first-order chi connectivity index (χ1) is 4.88. The van der Waals surface area contributed by atoms with Gasteiger partial charge in [-0.1, -0.05) is 12.2 Å². The maximum atomic E-state index is 10.3. The molecule has 0 saturated heterocycles. The lowest BCUT2D eigenvalue weighted by atomic mass is 9.85. The zero-order valence-corrected chi connectivity index (χ0v) is 5.69. The molecule has 0 radical (unpaired) electrons. The minimum atomic E-state index is -0.0671. The van der Waals surface area contributed by atoms with Crippen LogP contribution in [0.3, 0.4) is 0 Å². The van der Waals surface area contributed by atoms with Gasteiger partial charge < -0.3 is 9.59 Å². The number of carbonyl (C=O) groups excluding carboxylic acids is 2. The second-order valence-corrected chi connectivity index (χ2v) is 2.54. The number of allylic oxidation sites excluding steroid dienone is 2. The number of hydrogen-bond donors (Lipinski definition) is 0. The highest BCUT2D eigenvalue weighted by atomic mass is 16.1. The minimum Gasteiger partial charge on any atom is -0.303 e. The molecule has 1 rings (SSSR count). The fourth-order valence-electron chi connectivity index (χ4n) is 1.17. The quantitative estimate of drug-likeness (QED) is 0.421. The van der Waals surface area contributed by atoms with Crippen molar-refractivity contribution in [3.05, 3.63) is 12.2 Å². The third-order valence-corrected chi connectivity index (χ3v) is 1.88. The van der Waals surface area contributed by atoms with Crippen molar-refractivity contribution in [1.29, 1.82) is 0 Å². The molecule has 10 heavy (non-hydrogen) atoms. The lowest BCUT2D eigenvalue weighted by Gasteiger charge is -2.17. The Morgan fingerprint density at radius 1 is 1.00 bits per heavy atom. The van der Waals surface area contributed by atoms with E-state index in [1.54, 1.807) is 0 Å². The summed E-state index contributed by atoms with van der Waals surface area (Å²) in [6.45, 7) is 0. The van der Waals surface area contributed by atoms with Gasteiger partial charge in [0.25, 0.3) is 0 Å². The Morgan fingerprint density at radius 3 is 1.70 bits per heavy atom. The van der Waals surface area contributed by atoms with Gasteiger partial charge in [0.1, 0.15) is 12.6 Å². The predicted molar refractivity (Wildman–Crippen MR) is 37.5 cm³/mol. The second kappa shape index (κ2) is 3.30. The van der Waals surface area contributed by atoms with Crippen molar-refractivity contribution in [2.24, 2.45) is 11.8 Å². The van der Waals surface area contributed by atoms with Crippen molar-refractivity contribution in [2.75, 3.05) is 0 Å². The van der Waals surface area contributed by atoms with E-state index in [1.807, 2.05) is 12.2 Å². The van der Waals surface area contributed by atoms with E-state index in [9.17, 15) is 9.59 Å². The molecular formula is C8H10O2. The van der Waals surface area contributed by atoms with Gasteiger partial charge in [-0.2, -0.15) is 0 Å². The molecule has 1 aliphatic carbocycles. The maximum absolute atomic E-state index is 10.3. The fraction of sp³-hybridized carbons (Fsp3) is 0.500. The average molecular weight is 138 g/mol. The SMILES string of the molecule is O=CC1CC=CC[C@H]1C=O. The van der Waals surface area contributed by atoms with Crippen molar-refractivity contribution in [3.63, 3.8) is 0 Å². The summed E-state index contributed by atoms with van der Waals surface area (Å²) in [6.07, 6.45) is 7.13. The molecule has 1 aliphatic rings. The Hall–Kier alpha value is -0.920. The normalized spacial score (nSPS) is 31.6. The van der Waals surface area contributed by atoms with E-state index >= 15 is 0 Å². The Balaban J connectivity index is 2.61. The standard InChI is InChI=1S/C8H10O2/c9-5-7-3-1-2-4-8(7)6-10/h1-2,5-8H,3-4H2/t7-,8?/m0/s1. The lowest BCUT2D eigenvalue weighted by molar-refractivity contribution is -0.119. The van der Waals surface area contributed by atoms with Gasteiger partial charge in [0.2, 0.25) is 0 Å². The first-order valence-electron chi connectivity index (χ1n) is 3.44. The van der Waals surface area contributed by atoms with Crippen molar-refractivity contribution < 1.29 is 9.59 Å². The lowest BCUT2D eigenvalue weighted by Crippen LogP contribution is -2.18. The van der Waals surface area contributed by atoms with E-state index in [2.05, 4.69) is 0 Å². The van der Waals surface area contributed by atoms with Crippen LogP contribution in [0.2, 0.25) is 0 Å². The van der Waals surface area contributed by atoms with Gasteiger partial charge >= 0.3 is 0 Å². The van der Waals surface area contributed by atoms with Crippen LogP contribution in [0.25, 0.3) is 0 Å². The molecule has 0 fully saturated rings. The van der Waals surface area contributed by atoms with Crippen LogP contribution in [0.15, 0.2) is 12.2 Å². The maximum Gasteiger partial charge on any atom is 0.124 e. The zero-order valence-electron chi connectivity index (χ0n) is 5.69. The Bertz CT molecular complexity index is 143. The molecule has 0 heterocycles. The van der Waals surface area contributed by atoms with Crippen LogP contribution in [0.1, 0.15) is 12.8 Å². The van der Waals surface area contributed by atoms with Gasteiger partial charge in [0, 0.05) is 11.8 Å². The highest BCUT2D eigenvalue weighted by Crippen LogP contribution is 2.21. The number of aldehydes is 2. The van der Waals surface area contributed by atoms with Gasteiger partial charge in [0.15, 0.2) is 0 Å². The molecule has 0 amide bonds. The van der Waals surface area contributed by atoms with Crippen LogP contribution in [0.4, 0.5) is 0 Å². The summed E-state index contributed by atoms with van der Waals surface area (Å²) >= 11 is 0. The van der Waals surface area contributed by atoms with Crippen molar-refractivity contribution in [1.82, 2.24) is 0 Å². The molecule has 54 valence electrons. The first kappa shape index (κ1) is 7.19.